The number of hydrogen-bond acceptors (Lipinski definition) is 6. The number of nitrogens with two attached hydrogens (primary N) is 1. The fraction of sp³-hybridized carbons (Fsp3) is 0.583. The predicted molar refractivity (Wildman–Crippen MR) is 84.7 cm³/mol. The van der Waals surface area contributed by atoms with Crippen molar-refractivity contribution in [3.05, 3.63) is 4.88 Å². The van der Waals surface area contributed by atoms with Crippen molar-refractivity contribution in [2.45, 2.75) is 18.2 Å². The van der Waals surface area contributed by atoms with Gasteiger partial charge in [0.2, 0.25) is 0 Å². The largest absolute Gasteiger partial charge is 0.396 e. The van der Waals surface area contributed by atoms with Gasteiger partial charge in [-0.05, 0) is 18.4 Å². The van der Waals surface area contributed by atoms with Gasteiger partial charge in [-0.1, -0.05) is 0 Å². The van der Waals surface area contributed by atoms with Crippen LogP contribution in [0.2, 0.25) is 0 Å². The van der Waals surface area contributed by atoms with Gasteiger partial charge in [0.1, 0.15) is 5.00 Å². The summed E-state index contributed by atoms with van der Waals surface area (Å²) < 4.78 is 0. The highest BCUT2D eigenvalue weighted by molar-refractivity contribution is 7.99. The molecule has 1 saturated heterocycles. The van der Waals surface area contributed by atoms with Crippen LogP contribution in [0.3, 0.4) is 0 Å². The van der Waals surface area contributed by atoms with Gasteiger partial charge in [-0.2, -0.15) is 11.8 Å². The normalized spacial score (nSPS) is 16.7. The first-order valence-electron chi connectivity index (χ1n) is 5.95. The third-order valence-corrected chi connectivity index (χ3v) is 6.28. The zero-order chi connectivity index (χ0) is 13.1. The van der Waals surface area contributed by atoms with Crippen molar-refractivity contribution < 1.29 is 4.79 Å². The number of hydrogen-bond donors (Lipinski definition) is 1. The lowest BCUT2D eigenvalue weighted by atomic mass is 10.3. The molecule has 0 aliphatic carbocycles. The molecule has 0 aromatic carbocycles. The molecule has 0 spiro atoms. The van der Waals surface area contributed by atoms with Crippen LogP contribution in [0.4, 0.5) is 10.7 Å². The topological polar surface area (TPSA) is 46.3 Å². The number of carbonyl (C=O) groups excluding carboxylic acids is 1. The Hall–Kier alpha value is -0.330. The minimum atomic E-state index is 0.0725. The maximum Gasteiger partial charge on any atom is 0.171 e. The first-order valence-corrected chi connectivity index (χ1v) is 9.14. The van der Waals surface area contributed by atoms with Crippen LogP contribution in [0.5, 0.6) is 0 Å². The van der Waals surface area contributed by atoms with Crippen LogP contribution in [0.25, 0.3) is 0 Å². The predicted octanol–water partition coefficient (Wildman–Crippen LogP) is 3.20. The van der Waals surface area contributed by atoms with Crippen LogP contribution in [0, 0.1) is 0 Å². The summed E-state index contributed by atoms with van der Waals surface area (Å²) in [5, 5.41) is 1.19. The van der Waals surface area contributed by atoms with E-state index in [0.29, 0.717) is 10.6 Å². The van der Waals surface area contributed by atoms with E-state index in [0.717, 1.165) is 23.7 Å². The molecule has 2 rings (SSSR count). The minimum Gasteiger partial charge on any atom is -0.396 e. The van der Waals surface area contributed by atoms with Gasteiger partial charge in [-0.25, -0.2) is 0 Å². The lowest BCUT2D eigenvalue weighted by Gasteiger charge is -2.21. The summed E-state index contributed by atoms with van der Waals surface area (Å²) in [4.78, 5) is 15.8. The molecule has 1 aromatic heterocycles. The molecule has 0 bridgehead atoms. The van der Waals surface area contributed by atoms with Gasteiger partial charge in [-0.3, -0.25) is 4.79 Å². The monoisotopic (exact) mass is 302 g/mol. The second-order valence-corrected chi connectivity index (χ2v) is 7.23. The lowest BCUT2D eigenvalue weighted by molar-refractivity contribution is 0.102. The van der Waals surface area contributed by atoms with Crippen LogP contribution in [0.1, 0.15) is 23.0 Å². The number of nitrogens with zero attached hydrogens (tertiary/aromatic N) is 1. The molecule has 6 heteroatoms. The molecule has 3 nitrogen and oxygen atoms in total. The van der Waals surface area contributed by atoms with E-state index in [1.54, 1.807) is 30.0 Å². The minimum absolute atomic E-state index is 0.0725. The second-order valence-electron chi connectivity index (χ2n) is 4.19. The molecule has 1 aromatic rings. The summed E-state index contributed by atoms with van der Waals surface area (Å²) in [7, 11) is 0. The zero-order valence-electron chi connectivity index (χ0n) is 10.7. The van der Waals surface area contributed by atoms with E-state index in [4.69, 9.17) is 5.73 Å². The van der Waals surface area contributed by atoms with Crippen LogP contribution < -0.4 is 10.6 Å². The Morgan fingerprint density at radius 3 is 2.83 bits per heavy atom. The van der Waals surface area contributed by atoms with E-state index in [1.807, 2.05) is 18.0 Å². The average Bonchev–Trinajstić information content (AvgIpc) is 2.54. The van der Waals surface area contributed by atoms with Crippen molar-refractivity contribution in [1.29, 1.82) is 0 Å². The number of carbonyl (C=O) groups is 1. The Morgan fingerprint density at radius 2 is 2.17 bits per heavy atom. The summed E-state index contributed by atoms with van der Waals surface area (Å²) in [6.45, 7) is 3.71. The van der Waals surface area contributed by atoms with E-state index >= 15 is 0 Å². The molecule has 1 fully saturated rings. The van der Waals surface area contributed by atoms with Crippen LogP contribution >= 0.6 is 34.9 Å². The first-order chi connectivity index (χ1) is 8.65. The number of Topliss-reactive ketones (excluding diaryl/α,β-unsaturated/α-hetero) is 1. The number of ketones is 1. The van der Waals surface area contributed by atoms with Gasteiger partial charge in [0, 0.05) is 25.8 Å². The summed E-state index contributed by atoms with van der Waals surface area (Å²) in [5.74, 6) is 2.45. The third kappa shape index (κ3) is 2.81. The molecule has 0 unspecified atom stereocenters. The molecule has 2 heterocycles. The smallest absolute Gasteiger partial charge is 0.171 e. The zero-order valence-corrected chi connectivity index (χ0v) is 13.1. The fourth-order valence-electron chi connectivity index (χ4n) is 2.03. The van der Waals surface area contributed by atoms with E-state index in [9.17, 15) is 4.79 Å². The average molecular weight is 302 g/mol. The van der Waals surface area contributed by atoms with Crippen LogP contribution in [-0.2, 0) is 0 Å². The first kappa shape index (κ1) is 14.1. The third-order valence-electron chi connectivity index (χ3n) is 2.92. The second kappa shape index (κ2) is 6.21. The van der Waals surface area contributed by atoms with Crippen LogP contribution in [0.15, 0.2) is 4.90 Å². The van der Waals surface area contributed by atoms with Crippen molar-refractivity contribution in [2.75, 3.05) is 41.5 Å². The highest BCUT2D eigenvalue weighted by Gasteiger charge is 2.22. The van der Waals surface area contributed by atoms with Gasteiger partial charge >= 0.3 is 0 Å². The quantitative estimate of drug-likeness (QED) is 0.686. The van der Waals surface area contributed by atoms with Crippen molar-refractivity contribution in [3.8, 4) is 0 Å². The summed E-state index contributed by atoms with van der Waals surface area (Å²) in [5.41, 5.74) is 6.77. The molecule has 0 atom stereocenters. The molecule has 1 aliphatic rings. The molecule has 0 radical (unpaired) electrons. The molecule has 100 valence electrons. The number of thioether (sulfide) groups is 2. The Bertz CT molecular complexity index is 437. The maximum absolute atomic E-state index is 11.6. The molecular weight excluding hydrogens is 284 g/mol. The van der Waals surface area contributed by atoms with Crippen molar-refractivity contribution in [1.82, 2.24) is 0 Å². The molecule has 0 amide bonds. The number of nitrogen functional groups attached to an aromatic ring is 1. The fourth-order valence-corrected chi connectivity index (χ4v) is 5.05. The van der Waals surface area contributed by atoms with Gasteiger partial charge in [-0.15, -0.1) is 23.1 Å². The Kier molecular flexibility index (Phi) is 4.86. The van der Waals surface area contributed by atoms with Crippen molar-refractivity contribution in [3.63, 3.8) is 0 Å². The molecule has 18 heavy (non-hydrogen) atoms. The Morgan fingerprint density at radius 1 is 1.39 bits per heavy atom. The highest BCUT2D eigenvalue weighted by Crippen LogP contribution is 2.44. The summed E-state index contributed by atoms with van der Waals surface area (Å²) in [6, 6.07) is 0. The van der Waals surface area contributed by atoms with Gasteiger partial charge < -0.3 is 10.6 Å². The van der Waals surface area contributed by atoms with E-state index in [2.05, 4.69) is 4.90 Å². The molecular formula is C12H18N2OS3. The molecule has 0 saturated carbocycles. The van der Waals surface area contributed by atoms with Gasteiger partial charge in [0.15, 0.2) is 5.78 Å². The number of anilines is 2. The van der Waals surface area contributed by atoms with E-state index in [-0.39, 0.29) is 5.78 Å². The van der Waals surface area contributed by atoms with E-state index in [1.165, 1.54) is 17.2 Å². The Labute approximate surface area is 120 Å². The lowest BCUT2D eigenvalue weighted by Crippen LogP contribution is -2.24. The van der Waals surface area contributed by atoms with Gasteiger partial charge in [0.25, 0.3) is 0 Å². The van der Waals surface area contributed by atoms with Crippen LogP contribution in [-0.4, -0.2) is 36.6 Å². The highest BCUT2D eigenvalue weighted by atomic mass is 32.2. The maximum atomic E-state index is 11.6. The van der Waals surface area contributed by atoms with Crippen molar-refractivity contribution in [2.24, 2.45) is 0 Å². The van der Waals surface area contributed by atoms with Crippen molar-refractivity contribution >= 4 is 51.3 Å². The number of thiophene rings is 1. The van der Waals surface area contributed by atoms with Gasteiger partial charge in [0.05, 0.1) is 15.5 Å². The molecule has 2 N–H and O–H groups in total. The summed E-state index contributed by atoms with van der Waals surface area (Å²) >= 11 is 5.20. The number of rotatable bonds is 3. The SMILES string of the molecule is CSc1c(N2CCCSCC2)sc(C(C)=O)c1N. The van der Waals surface area contributed by atoms with E-state index < -0.39 is 0 Å². The Balaban J connectivity index is 2.36. The summed E-state index contributed by atoms with van der Waals surface area (Å²) in [6.07, 6.45) is 3.23. The molecule has 1 aliphatic heterocycles. The standard InChI is InChI=1S/C12H18N2OS3/c1-8(15)10-9(13)11(16-2)12(18-10)14-4-3-6-17-7-5-14/h3-7,13H2,1-2H3.